The SMILES string of the molecule is C[C@@H]1OC(C)(C)O[C@H]1[C@@H]1[C@H]2OC(=O)O[C@H]2ON1Cc1ccccc1. The first-order valence-electron chi connectivity index (χ1n) is 8.13. The van der Waals surface area contributed by atoms with Crippen molar-refractivity contribution in [2.24, 2.45) is 0 Å². The van der Waals surface area contributed by atoms with Gasteiger partial charge in [-0.25, -0.2) is 9.63 Å². The second kappa shape index (κ2) is 5.70. The predicted octanol–water partition coefficient (Wildman–Crippen LogP) is 2.20. The number of hydrogen-bond acceptors (Lipinski definition) is 7. The third kappa shape index (κ3) is 2.77. The summed E-state index contributed by atoms with van der Waals surface area (Å²) < 4.78 is 22.4. The van der Waals surface area contributed by atoms with Gasteiger partial charge in [-0.05, 0) is 26.3 Å². The number of hydrogen-bond donors (Lipinski definition) is 0. The lowest BCUT2D eigenvalue weighted by atomic mass is 10.0. The Morgan fingerprint density at radius 2 is 1.83 bits per heavy atom. The zero-order valence-corrected chi connectivity index (χ0v) is 13.9. The molecule has 0 bridgehead atoms. The molecule has 3 saturated heterocycles. The number of rotatable bonds is 3. The Balaban J connectivity index is 1.60. The maximum absolute atomic E-state index is 11.5. The van der Waals surface area contributed by atoms with Gasteiger partial charge in [0, 0.05) is 6.54 Å². The number of fused-ring (bicyclic) bond motifs is 1. The van der Waals surface area contributed by atoms with Gasteiger partial charge in [0.1, 0.15) is 12.1 Å². The van der Waals surface area contributed by atoms with Crippen LogP contribution in [0.1, 0.15) is 26.3 Å². The highest BCUT2D eigenvalue weighted by Crippen LogP contribution is 2.40. The number of nitrogens with zero attached hydrogens (tertiary/aromatic N) is 1. The molecule has 7 nitrogen and oxygen atoms in total. The average molecular weight is 335 g/mol. The summed E-state index contributed by atoms with van der Waals surface area (Å²) in [5.74, 6) is -0.690. The molecule has 0 spiro atoms. The van der Waals surface area contributed by atoms with E-state index >= 15 is 0 Å². The first kappa shape index (κ1) is 15.8. The fourth-order valence-electron chi connectivity index (χ4n) is 3.61. The lowest BCUT2D eigenvalue weighted by Crippen LogP contribution is -2.48. The maximum Gasteiger partial charge on any atom is 0.511 e. The van der Waals surface area contributed by atoms with Crippen LogP contribution in [0.5, 0.6) is 0 Å². The quantitative estimate of drug-likeness (QED) is 0.785. The highest BCUT2D eigenvalue weighted by molar-refractivity contribution is 5.62. The van der Waals surface area contributed by atoms with E-state index in [-0.39, 0.29) is 18.2 Å². The topological polar surface area (TPSA) is 66.5 Å². The van der Waals surface area contributed by atoms with E-state index in [4.69, 9.17) is 23.8 Å². The molecule has 3 fully saturated rings. The van der Waals surface area contributed by atoms with Crippen LogP contribution in [0, 0.1) is 0 Å². The smallest absolute Gasteiger partial charge is 0.422 e. The van der Waals surface area contributed by atoms with E-state index in [1.807, 2.05) is 51.1 Å². The molecule has 5 atom stereocenters. The molecule has 0 saturated carbocycles. The van der Waals surface area contributed by atoms with Crippen LogP contribution in [0.3, 0.4) is 0 Å². The van der Waals surface area contributed by atoms with Gasteiger partial charge in [0.15, 0.2) is 11.9 Å². The second-order valence-corrected chi connectivity index (χ2v) is 6.78. The summed E-state index contributed by atoms with van der Waals surface area (Å²) >= 11 is 0. The molecule has 3 aliphatic heterocycles. The van der Waals surface area contributed by atoms with Gasteiger partial charge in [-0.15, -0.1) is 0 Å². The summed E-state index contributed by atoms with van der Waals surface area (Å²) in [6.07, 6.45) is -2.45. The molecule has 1 aromatic rings. The molecule has 24 heavy (non-hydrogen) atoms. The number of benzene rings is 1. The van der Waals surface area contributed by atoms with Gasteiger partial charge in [-0.3, -0.25) is 0 Å². The highest BCUT2D eigenvalue weighted by Gasteiger charge is 2.59. The number of ether oxygens (including phenoxy) is 4. The monoisotopic (exact) mass is 335 g/mol. The summed E-state index contributed by atoms with van der Waals surface area (Å²) in [7, 11) is 0. The average Bonchev–Trinajstić information content (AvgIpc) is 3.09. The maximum atomic E-state index is 11.5. The Kier molecular flexibility index (Phi) is 3.76. The van der Waals surface area contributed by atoms with Crippen LogP contribution in [-0.2, 0) is 30.3 Å². The highest BCUT2D eigenvalue weighted by atomic mass is 16.9. The molecule has 4 rings (SSSR count). The molecule has 3 aliphatic rings. The molecule has 1 aromatic carbocycles. The van der Waals surface area contributed by atoms with E-state index in [2.05, 4.69) is 0 Å². The Labute approximate surface area is 140 Å². The molecule has 0 unspecified atom stereocenters. The van der Waals surface area contributed by atoms with Crippen LogP contribution in [0.2, 0.25) is 0 Å². The first-order valence-corrected chi connectivity index (χ1v) is 8.13. The number of carbonyl (C=O) groups excluding carboxylic acids is 1. The van der Waals surface area contributed by atoms with Crippen LogP contribution in [0.4, 0.5) is 4.79 Å². The van der Waals surface area contributed by atoms with Crippen molar-refractivity contribution in [3.8, 4) is 0 Å². The van der Waals surface area contributed by atoms with Crippen LogP contribution in [0.15, 0.2) is 30.3 Å². The van der Waals surface area contributed by atoms with Crippen molar-refractivity contribution in [2.75, 3.05) is 0 Å². The molecule has 0 radical (unpaired) electrons. The lowest BCUT2D eigenvalue weighted by Gasteiger charge is -2.30. The minimum atomic E-state index is -0.745. The summed E-state index contributed by atoms with van der Waals surface area (Å²) in [5, 5.41) is 1.78. The van der Waals surface area contributed by atoms with E-state index in [0.29, 0.717) is 6.54 Å². The van der Waals surface area contributed by atoms with Crippen LogP contribution >= 0.6 is 0 Å². The molecule has 7 heteroatoms. The normalized spacial score (nSPS) is 38.0. The molecule has 0 amide bonds. The van der Waals surface area contributed by atoms with E-state index in [9.17, 15) is 4.79 Å². The van der Waals surface area contributed by atoms with Gasteiger partial charge in [0.05, 0.1) is 6.10 Å². The zero-order valence-electron chi connectivity index (χ0n) is 13.9. The first-order chi connectivity index (χ1) is 11.4. The van der Waals surface area contributed by atoms with Gasteiger partial charge in [-0.1, -0.05) is 30.3 Å². The van der Waals surface area contributed by atoms with Crippen molar-refractivity contribution in [1.29, 1.82) is 0 Å². The van der Waals surface area contributed by atoms with Crippen LogP contribution < -0.4 is 0 Å². The van der Waals surface area contributed by atoms with Gasteiger partial charge in [-0.2, -0.15) is 5.06 Å². The Bertz CT molecular complexity index is 621. The lowest BCUT2D eigenvalue weighted by molar-refractivity contribution is -0.234. The molecule has 0 N–H and O–H groups in total. The van der Waals surface area contributed by atoms with Gasteiger partial charge in [0.2, 0.25) is 0 Å². The molecule has 0 aromatic heterocycles. The molecule has 3 heterocycles. The Morgan fingerprint density at radius 1 is 1.08 bits per heavy atom. The van der Waals surface area contributed by atoms with Crippen molar-refractivity contribution in [3.63, 3.8) is 0 Å². The van der Waals surface area contributed by atoms with Crippen molar-refractivity contribution >= 4 is 6.16 Å². The van der Waals surface area contributed by atoms with E-state index < -0.39 is 24.3 Å². The summed E-state index contributed by atoms with van der Waals surface area (Å²) in [6.45, 7) is 6.22. The predicted molar refractivity (Wildman–Crippen MR) is 81.5 cm³/mol. The Hall–Kier alpha value is -1.67. The molecular formula is C17H21NO6. The number of carbonyl (C=O) groups is 1. The van der Waals surface area contributed by atoms with Gasteiger partial charge in [0.25, 0.3) is 6.29 Å². The minimum absolute atomic E-state index is 0.162. The van der Waals surface area contributed by atoms with E-state index in [1.54, 1.807) is 5.06 Å². The van der Waals surface area contributed by atoms with Crippen LogP contribution in [-0.4, -0.2) is 47.6 Å². The van der Waals surface area contributed by atoms with Crippen molar-refractivity contribution in [2.45, 2.75) is 63.7 Å². The van der Waals surface area contributed by atoms with E-state index in [1.165, 1.54) is 0 Å². The van der Waals surface area contributed by atoms with Gasteiger partial charge < -0.3 is 18.9 Å². The molecule has 130 valence electrons. The standard InChI is InChI=1S/C17H21NO6/c1-10-13(23-17(2,3)22-10)12-14-15(21-16(19)20-14)24-18(12)9-11-7-5-4-6-8-11/h4-8,10,12-15H,9H2,1-3H3/t10-,12+,13+,14+,15-/m0/s1. The van der Waals surface area contributed by atoms with Gasteiger partial charge >= 0.3 is 6.16 Å². The largest absolute Gasteiger partial charge is 0.511 e. The Morgan fingerprint density at radius 3 is 2.50 bits per heavy atom. The summed E-state index contributed by atoms with van der Waals surface area (Å²) in [6, 6.07) is 9.63. The third-order valence-corrected chi connectivity index (χ3v) is 4.49. The van der Waals surface area contributed by atoms with Crippen molar-refractivity contribution in [3.05, 3.63) is 35.9 Å². The summed E-state index contributed by atoms with van der Waals surface area (Å²) in [4.78, 5) is 17.3. The fraction of sp³-hybridized carbons (Fsp3) is 0.588. The van der Waals surface area contributed by atoms with Crippen molar-refractivity contribution < 1.29 is 28.6 Å². The van der Waals surface area contributed by atoms with Crippen molar-refractivity contribution in [1.82, 2.24) is 5.06 Å². The summed E-state index contributed by atoms with van der Waals surface area (Å²) in [5.41, 5.74) is 1.08. The van der Waals surface area contributed by atoms with E-state index in [0.717, 1.165) is 5.56 Å². The second-order valence-electron chi connectivity index (χ2n) is 6.78. The zero-order chi connectivity index (χ0) is 16.9. The minimum Gasteiger partial charge on any atom is -0.422 e. The number of hydroxylamine groups is 2. The fourth-order valence-corrected chi connectivity index (χ4v) is 3.61. The molecular weight excluding hydrogens is 314 g/mol. The van der Waals surface area contributed by atoms with Crippen LogP contribution in [0.25, 0.3) is 0 Å². The molecule has 0 aliphatic carbocycles. The third-order valence-electron chi connectivity index (χ3n) is 4.49.